The number of rotatable bonds is 5. The lowest BCUT2D eigenvalue weighted by molar-refractivity contribution is -0.0439. The number of aryl methyl sites for hydroxylation is 2. The highest BCUT2D eigenvalue weighted by molar-refractivity contribution is 6.32. The van der Waals surface area contributed by atoms with E-state index in [-0.39, 0.29) is 24.9 Å². The molecule has 6 rings (SSSR count). The Labute approximate surface area is 229 Å². The number of aliphatic hydroxyl groups is 1. The van der Waals surface area contributed by atoms with E-state index in [0.717, 1.165) is 22.5 Å². The van der Waals surface area contributed by atoms with Crippen LogP contribution in [0, 0.1) is 13.8 Å². The Hall–Kier alpha value is -3.24. The summed E-state index contributed by atoms with van der Waals surface area (Å²) in [6.45, 7) is 3.73. The predicted octanol–water partition coefficient (Wildman–Crippen LogP) is 6.78. The molecule has 3 aromatic heterocycles. The number of hydrogen-bond acceptors (Lipinski definition) is 7. The molecule has 1 aliphatic heterocycles. The van der Waals surface area contributed by atoms with Gasteiger partial charge in [-0.25, -0.2) is 18.7 Å². The Kier molecular flexibility index (Phi) is 6.50. The van der Waals surface area contributed by atoms with Crippen molar-refractivity contribution in [3.63, 3.8) is 0 Å². The number of aromatic nitrogens is 4. The van der Waals surface area contributed by atoms with Crippen molar-refractivity contribution in [3.8, 4) is 16.9 Å². The number of imidazole rings is 1. The van der Waals surface area contributed by atoms with E-state index in [4.69, 9.17) is 30.8 Å². The third kappa shape index (κ3) is 4.53. The van der Waals surface area contributed by atoms with Crippen molar-refractivity contribution in [1.29, 1.82) is 0 Å². The molecule has 0 amide bonds. The Morgan fingerprint density at radius 2 is 1.90 bits per heavy atom. The molecule has 4 aromatic rings. The minimum absolute atomic E-state index is 0.180. The molecular weight excluding hydrogens is 528 g/mol. The molecule has 206 valence electrons. The Balaban J connectivity index is 1.48. The number of halogens is 3. The number of anilines is 1. The van der Waals surface area contributed by atoms with E-state index in [1.807, 2.05) is 35.4 Å². The predicted molar refractivity (Wildman–Crippen MR) is 143 cm³/mol. The van der Waals surface area contributed by atoms with Gasteiger partial charge in [-0.2, -0.15) is 0 Å². The van der Waals surface area contributed by atoms with Gasteiger partial charge in [0.05, 0.1) is 23.9 Å². The first-order chi connectivity index (χ1) is 18.7. The van der Waals surface area contributed by atoms with Crippen LogP contribution in [0.3, 0.4) is 0 Å². The lowest BCUT2D eigenvalue weighted by atomic mass is 9.91. The molecular formula is C28H30ClF2N5O3. The highest BCUT2D eigenvalue weighted by atomic mass is 35.5. The average Bonchev–Trinajstić information content (AvgIpc) is 3.57. The molecule has 1 unspecified atom stereocenters. The zero-order valence-corrected chi connectivity index (χ0v) is 22.8. The standard InChI is InChI=1S/C28H30ClF2N5O3/c1-15-25(16(2)39-34-15)17-12-21-26(32-14-17)36(18-8-10-28(30,31)11-9-18)27(33-21)22-5-7-24(37)35(22)19-4-6-23(38-3)20(29)13-19/h4,6,12-14,18,22,24,37H,5,7-11H2,1-3H3/t22-,24?/m0/s1. The van der Waals surface area contributed by atoms with Crippen LogP contribution in [-0.4, -0.2) is 44.1 Å². The number of hydrogen-bond donors (Lipinski definition) is 1. The molecule has 2 aliphatic rings. The summed E-state index contributed by atoms with van der Waals surface area (Å²) in [5.41, 5.74) is 4.48. The maximum atomic E-state index is 14.1. The minimum Gasteiger partial charge on any atom is -0.495 e. The summed E-state index contributed by atoms with van der Waals surface area (Å²) in [4.78, 5) is 11.8. The number of aliphatic hydroxyl groups excluding tert-OH is 1. The number of fused-ring (bicyclic) bond motifs is 1. The van der Waals surface area contributed by atoms with E-state index in [9.17, 15) is 13.9 Å². The molecule has 4 heterocycles. The first kappa shape index (κ1) is 26.0. The topological polar surface area (TPSA) is 89.4 Å². The quantitative estimate of drug-likeness (QED) is 0.289. The van der Waals surface area contributed by atoms with E-state index in [2.05, 4.69) is 5.16 Å². The van der Waals surface area contributed by atoms with E-state index in [0.29, 0.717) is 59.2 Å². The lowest BCUT2D eigenvalue weighted by Gasteiger charge is -2.34. The van der Waals surface area contributed by atoms with Gasteiger partial charge in [-0.15, -0.1) is 0 Å². The molecule has 0 bridgehead atoms. The van der Waals surface area contributed by atoms with Gasteiger partial charge in [0, 0.05) is 41.9 Å². The molecule has 39 heavy (non-hydrogen) atoms. The highest BCUT2D eigenvalue weighted by Gasteiger charge is 2.41. The average molecular weight is 558 g/mol. The van der Waals surface area contributed by atoms with Gasteiger partial charge in [-0.05, 0) is 63.8 Å². The van der Waals surface area contributed by atoms with Crippen molar-refractivity contribution in [1.82, 2.24) is 19.7 Å². The first-order valence-electron chi connectivity index (χ1n) is 13.2. The second kappa shape index (κ2) is 9.75. The third-order valence-electron chi connectivity index (χ3n) is 8.02. The van der Waals surface area contributed by atoms with Crippen LogP contribution in [0.25, 0.3) is 22.3 Å². The first-order valence-corrected chi connectivity index (χ1v) is 13.5. The van der Waals surface area contributed by atoms with Gasteiger partial charge in [0.2, 0.25) is 5.92 Å². The summed E-state index contributed by atoms with van der Waals surface area (Å²) >= 11 is 6.44. The van der Waals surface area contributed by atoms with Crippen molar-refractivity contribution < 1.29 is 23.1 Å². The summed E-state index contributed by atoms with van der Waals surface area (Å²) in [6.07, 6.45) is 2.45. The second-order valence-corrected chi connectivity index (χ2v) is 10.9. The number of alkyl halides is 2. The van der Waals surface area contributed by atoms with Gasteiger partial charge in [0.15, 0.2) is 5.65 Å². The van der Waals surface area contributed by atoms with Gasteiger partial charge >= 0.3 is 0 Å². The maximum Gasteiger partial charge on any atom is 0.248 e. The number of pyridine rings is 1. The van der Waals surface area contributed by atoms with Crippen LogP contribution < -0.4 is 9.64 Å². The van der Waals surface area contributed by atoms with E-state index >= 15 is 0 Å². The zero-order chi connectivity index (χ0) is 27.5. The second-order valence-electron chi connectivity index (χ2n) is 10.5. The third-order valence-corrected chi connectivity index (χ3v) is 8.31. The van der Waals surface area contributed by atoms with Crippen LogP contribution in [0.1, 0.15) is 67.9 Å². The van der Waals surface area contributed by atoms with Crippen molar-refractivity contribution >= 4 is 28.5 Å². The smallest absolute Gasteiger partial charge is 0.248 e. The monoisotopic (exact) mass is 557 g/mol. The van der Waals surface area contributed by atoms with Crippen LogP contribution in [0.4, 0.5) is 14.5 Å². The number of methoxy groups -OCH3 is 1. The van der Waals surface area contributed by atoms with Crippen LogP contribution in [0.5, 0.6) is 5.75 Å². The van der Waals surface area contributed by atoms with Gasteiger partial charge in [-0.3, -0.25) is 0 Å². The molecule has 1 saturated heterocycles. The summed E-state index contributed by atoms with van der Waals surface area (Å²) in [7, 11) is 1.55. The minimum atomic E-state index is -2.66. The number of nitrogens with zero attached hydrogens (tertiary/aromatic N) is 5. The van der Waals surface area contributed by atoms with Crippen molar-refractivity contribution in [3.05, 3.63) is 52.8 Å². The molecule has 2 atom stereocenters. The zero-order valence-electron chi connectivity index (χ0n) is 22.0. The highest BCUT2D eigenvalue weighted by Crippen LogP contribution is 2.45. The molecule has 1 saturated carbocycles. The molecule has 1 aliphatic carbocycles. The van der Waals surface area contributed by atoms with E-state index in [1.54, 1.807) is 25.4 Å². The Morgan fingerprint density at radius 1 is 1.13 bits per heavy atom. The van der Waals surface area contributed by atoms with Crippen LogP contribution in [-0.2, 0) is 0 Å². The van der Waals surface area contributed by atoms with Gasteiger partial charge in [0.25, 0.3) is 0 Å². The molecule has 1 N–H and O–H groups in total. The molecule has 0 spiro atoms. The van der Waals surface area contributed by atoms with Crippen molar-refractivity contribution in [2.75, 3.05) is 12.0 Å². The Bertz CT molecular complexity index is 1510. The molecule has 8 nitrogen and oxygen atoms in total. The van der Waals surface area contributed by atoms with Crippen LogP contribution in [0.15, 0.2) is 35.0 Å². The number of ether oxygens (including phenoxy) is 1. The van der Waals surface area contributed by atoms with Gasteiger partial charge in [-0.1, -0.05) is 16.8 Å². The maximum absolute atomic E-state index is 14.1. The fraction of sp³-hybridized carbons (Fsp3) is 0.464. The molecule has 11 heteroatoms. The largest absolute Gasteiger partial charge is 0.495 e. The van der Waals surface area contributed by atoms with E-state index in [1.165, 1.54) is 0 Å². The van der Waals surface area contributed by atoms with E-state index < -0.39 is 12.2 Å². The normalized spacial score (nSPS) is 21.7. The SMILES string of the molecule is COc1ccc(N2C(O)CC[C@H]2c2nc3cc(-c4c(C)noc4C)cnc3n2C2CCC(F)(F)CC2)cc1Cl. The molecule has 1 aromatic carbocycles. The summed E-state index contributed by atoms with van der Waals surface area (Å²) in [5.74, 6) is -0.736. The molecule has 2 fully saturated rings. The fourth-order valence-corrected chi connectivity index (χ4v) is 6.38. The number of benzene rings is 1. The van der Waals surface area contributed by atoms with Crippen LogP contribution in [0.2, 0.25) is 5.02 Å². The fourth-order valence-electron chi connectivity index (χ4n) is 6.12. The molecule has 0 radical (unpaired) electrons. The van der Waals surface area contributed by atoms with Crippen molar-refractivity contribution in [2.45, 2.75) is 76.6 Å². The summed E-state index contributed by atoms with van der Waals surface area (Å²) < 4.78 is 41.0. The summed E-state index contributed by atoms with van der Waals surface area (Å²) in [5, 5.41) is 15.5. The van der Waals surface area contributed by atoms with Gasteiger partial charge in [0.1, 0.15) is 29.1 Å². The van der Waals surface area contributed by atoms with Crippen molar-refractivity contribution in [2.24, 2.45) is 0 Å². The summed E-state index contributed by atoms with van der Waals surface area (Å²) in [6, 6.07) is 6.86. The lowest BCUT2D eigenvalue weighted by Crippen LogP contribution is -2.34. The van der Waals surface area contributed by atoms with Gasteiger partial charge < -0.3 is 23.8 Å². The Morgan fingerprint density at radius 3 is 2.56 bits per heavy atom. The van der Waals surface area contributed by atoms with Crippen LogP contribution >= 0.6 is 11.6 Å².